The highest BCUT2D eigenvalue weighted by molar-refractivity contribution is 6.30. The van der Waals surface area contributed by atoms with Gasteiger partial charge in [0, 0.05) is 29.6 Å². The monoisotopic (exact) mass is 634 g/mol. The smallest absolute Gasteiger partial charge is 0.257 e. The van der Waals surface area contributed by atoms with Crippen LogP contribution in [-0.2, 0) is 27.4 Å². The molecule has 3 aromatic rings. The van der Waals surface area contributed by atoms with Crippen molar-refractivity contribution < 1.29 is 28.2 Å². The number of nitrogens with one attached hydrogen (secondary N) is 1. The molecule has 1 saturated carbocycles. The Morgan fingerprint density at radius 1 is 1.20 bits per heavy atom. The number of amides is 1. The van der Waals surface area contributed by atoms with Crippen molar-refractivity contribution in [2.75, 3.05) is 13.1 Å². The quantitative estimate of drug-likeness (QED) is 0.340. The van der Waals surface area contributed by atoms with Crippen LogP contribution < -0.4 is 5.32 Å². The number of ether oxygens (including phenoxy) is 1. The summed E-state index contributed by atoms with van der Waals surface area (Å²) in [5.74, 6) is -1.47. The Hall–Kier alpha value is -3.75. The number of nitriles is 1. The zero-order valence-electron chi connectivity index (χ0n) is 24.8. The van der Waals surface area contributed by atoms with Gasteiger partial charge >= 0.3 is 0 Å². The first-order valence-corrected chi connectivity index (χ1v) is 15.5. The Bertz CT molecular complexity index is 1670. The van der Waals surface area contributed by atoms with Gasteiger partial charge in [0.1, 0.15) is 28.9 Å². The van der Waals surface area contributed by atoms with Crippen LogP contribution in [0.4, 0.5) is 8.78 Å². The number of pyridine rings is 1. The van der Waals surface area contributed by atoms with Gasteiger partial charge in [0.2, 0.25) is 5.72 Å². The molecule has 45 heavy (non-hydrogen) atoms. The van der Waals surface area contributed by atoms with E-state index in [0.29, 0.717) is 41.4 Å². The van der Waals surface area contributed by atoms with Gasteiger partial charge in [-0.2, -0.15) is 5.26 Å². The van der Waals surface area contributed by atoms with Crippen molar-refractivity contribution in [3.05, 3.63) is 99.1 Å². The normalized spacial score (nSPS) is 23.9. The number of benzene rings is 2. The Labute approximate surface area is 265 Å². The molecule has 6 rings (SSSR count). The van der Waals surface area contributed by atoms with E-state index in [1.165, 1.54) is 17.2 Å². The van der Waals surface area contributed by atoms with Crippen molar-refractivity contribution in [2.24, 2.45) is 0 Å². The summed E-state index contributed by atoms with van der Waals surface area (Å²) in [5, 5.41) is 24.7. The molecule has 0 radical (unpaired) electrons. The summed E-state index contributed by atoms with van der Waals surface area (Å²) in [6, 6.07) is 14.2. The summed E-state index contributed by atoms with van der Waals surface area (Å²) in [4.78, 5) is 32.6. The first kappa shape index (κ1) is 31.2. The number of ketones is 1. The van der Waals surface area contributed by atoms with Crippen molar-refractivity contribution in [2.45, 2.75) is 75.1 Å². The van der Waals surface area contributed by atoms with Crippen LogP contribution in [0.3, 0.4) is 0 Å². The van der Waals surface area contributed by atoms with E-state index in [9.17, 15) is 20.0 Å². The number of carbonyl (C=O) groups excluding carboxylic acids is 2. The molecule has 2 fully saturated rings. The second-order valence-electron chi connectivity index (χ2n) is 12.0. The summed E-state index contributed by atoms with van der Waals surface area (Å²) in [7, 11) is 0. The first-order valence-electron chi connectivity index (χ1n) is 15.1. The Morgan fingerprint density at radius 2 is 1.93 bits per heavy atom. The predicted molar refractivity (Wildman–Crippen MR) is 161 cm³/mol. The van der Waals surface area contributed by atoms with E-state index < -0.39 is 34.8 Å². The van der Waals surface area contributed by atoms with Gasteiger partial charge in [0.15, 0.2) is 0 Å². The lowest BCUT2D eigenvalue weighted by molar-refractivity contribution is -0.149. The highest BCUT2D eigenvalue weighted by Crippen LogP contribution is 2.52. The summed E-state index contributed by atoms with van der Waals surface area (Å²) in [5.41, 5.74) is -5.04. The maximum atomic E-state index is 16.9. The number of fused-ring (bicyclic) bond motifs is 1. The average Bonchev–Trinajstić information content (AvgIpc) is 3.56. The molecule has 2 N–H and O–H groups in total. The van der Waals surface area contributed by atoms with E-state index in [0.717, 1.165) is 6.07 Å². The van der Waals surface area contributed by atoms with Gasteiger partial charge in [-0.25, -0.2) is 8.78 Å². The molecule has 11 heteroatoms. The van der Waals surface area contributed by atoms with E-state index in [4.69, 9.17) is 16.3 Å². The fraction of sp³-hybridized carbons (Fsp3) is 0.412. The van der Waals surface area contributed by atoms with E-state index in [1.807, 2.05) is 6.07 Å². The van der Waals surface area contributed by atoms with Crippen molar-refractivity contribution in [1.82, 2.24) is 15.2 Å². The Balaban J connectivity index is 1.57. The van der Waals surface area contributed by atoms with Crippen molar-refractivity contribution in [3.63, 3.8) is 0 Å². The summed E-state index contributed by atoms with van der Waals surface area (Å²) in [6.45, 7) is 2.19. The first-order chi connectivity index (χ1) is 21.5. The van der Waals surface area contributed by atoms with Crippen molar-refractivity contribution in [3.8, 4) is 6.07 Å². The molecular weight excluding hydrogens is 602 g/mol. The average molecular weight is 635 g/mol. The largest absolute Gasteiger partial charge is 0.382 e. The minimum atomic E-state index is -2.06. The fourth-order valence-corrected chi connectivity index (χ4v) is 7.14. The molecule has 8 nitrogen and oxygen atoms in total. The number of piperidine rings is 1. The third-order valence-corrected chi connectivity index (χ3v) is 9.71. The molecule has 3 aliphatic rings. The number of Topliss-reactive ketones (excluding diaryl/α,β-unsaturated/α-hetero) is 1. The van der Waals surface area contributed by atoms with Crippen LogP contribution in [-0.4, -0.2) is 51.5 Å². The van der Waals surface area contributed by atoms with Gasteiger partial charge in [-0.3, -0.25) is 19.5 Å². The number of hydrogen-bond donors (Lipinski definition) is 2. The highest BCUT2D eigenvalue weighted by atomic mass is 35.5. The number of aromatic nitrogens is 1. The van der Waals surface area contributed by atoms with Crippen LogP contribution >= 0.6 is 11.6 Å². The van der Waals surface area contributed by atoms with Gasteiger partial charge in [0.05, 0.1) is 35.0 Å². The maximum absolute atomic E-state index is 16.9. The number of hydrogen-bond acceptors (Lipinski definition) is 7. The van der Waals surface area contributed by atoms with Crippen LogP contribution in [0.2, 0.25) is 5.02 Å². The summed E-state index contributed by atoms with van der Waals surface area (Å²) < 4.78 is 40.1. The Morgan fingerprint density at radius 3 is 2.53 bits per heavy atom. The van der Waals surface area contributed by atoms with E-state index >= 15 is 8.78 Å². The molecule has 1 aliphatic carbocycles. The predicted octanol–water partition coefficient (Wildman–Crippen LogP) is 5.43. The van der Waals surface area contributed by atoms with Gasteiger partial charge in [-0.05, 0) is 80.7 Å². The number of alkyl halides is 1. The molecule has 1 amide bonds. The van der Waals surface area contributed by atoms with Crippen molar-refractivity contribution >= 4 is 23.3 Å². The van der Waals surface area contributed by atoms with Gasteiger partial charge in [-0.15, -0.1) is 0 Å². The van der Waals surface area contributed by atoms with Gasteiger partial charge in [0.25, 0.3) is 5.91 Å². The molecule has 2 aromatic carbocycles. The molecule has 0 bridgehead atoms. The Kier molecular flexibility index (Phi) is 8.25. The molecule has 1 unspecified atom stereocenters. The number of carbonyl (C=O) groups is 2. The second kappa shape index (κ2) is 11.9. The van der Waals surface area contributed by atoms with E-state index in [-0.39, 0.29) is 61.1 Å². The van der Waals surface area contributed by atoms with Gasteiger partial charge in [-0.1, -0.05) is 30.7 Å². The van der Waals surface area contributed by atoms with E-state index in [1.54, 1.807) is 43.3 Å². The second-order valence-corrected chi connectivity index (χ2v) is 12.5. The topological polar surface area (TPSA) is 116 Å². The van der Waals surface area contributed by atoms with E-state index in [2.05, 4.69) is 10.3 Å². The molecule has 1 saturated heterocycles. The third-order valence-electron chi connectivity index (χ3n) is 9.46. The lowest BCUT2D eigenvalue weighted by atomic mass is 9.71. The standard InChI is InChI=1S/C34H33ClF2N4O4/c1-2-33(44,32(37)11-13-39-14-12-32)23-15-28-30(29(36)16-23)34(22-4-6-24(35)7-5-22,45-27-10-9-26(42)17-27)41(31(28)43)20-25-8-3-21(18-38)19-40-25/h3-8,15-16,19,27,39,44H,2,9-14,17,20H2,1H3/t27-,33?,34+/m0/s1. The number of aliphatic hydroxyl groups is 1. The third kappa shape index (κ3) is 5.22. The van der Waals surface area contributed by atoms with Crippen molar-refractivity contribution in [1.29, 1.82) is 5.26 Å². The zero-order chi connectivity index (χ0) is 32.0. The molecule has 1 aromatic heterocycles. The van der Waals surface area contributed by atoms with Crippen LogP contribution in [0.1, 0.15) is 83.8 Å². The molecule has 234 valence electrons. The number of halogens is 3. The highest BCUT2D eigenvalue weighted by Gasteiger charge is 2.58. The molecule has 0 spiro atoms. The molecule has 3 heterocycles. The number of nitrogens with zero attached hydrogens (tertiary/aromatic N) is 3. The van der Waals surface area contributed by atoms with Gasteiger partial charge < -0.3 is 15.2 Å². The SMILES string of the molecule is CCC(O)(c1cc(F)c2c(c1)C(=O)N(Cc1ccc(C#N)cn1)[C@@]2(O[C@H]1CCC(=O)C1)c1ccc(Cl)cc1)C1(F)CCNCC1. The van der Waals surface area contributed by atoms with Crippen LogP contribution in [0.5, 0.6) is 0 Å². The molecule has 3 atom stereocenters. The maximum Gasteiger partial charge on any atom is 0.257 e. The van der Waals surface area contributed by atoms with Crippen LogP contribution in [0.15, 0.2) is 54.7 Å². The minimum absolute atomic E-state index is 0.00448. The fourth-order valence-electron chi connectivity index (χ4n) is 7.02. The van der Waals surface area contributed by atoms with Crippen LogP contribution in [0, 0.1) is 17.1 Å². The zero-order valence-corrected chi connectivity index (χ0v) is 25.5. The van der Waals surface area contributed by atoms with Crippen LogP contribution in [0.25, 0.3) is 0 Å². The lowest BCUT2D eigenvalue weighted by Gasteiger charge is -2.44. The number of rotatable bonds is 8. The molecular formula is C34H33ClF2N4O4. The lowest BCUT2D eigenvalue weighted by Crippen LogP contribution is -2.54. The summed E-state index contributed by atoms with van der Waals surface area (Å²) >= 11 is 6.24. The minimum Gasteiger partial charge on any atom is -0.382 e. The molecule has 2 aliphatic heterocycles. The summed E-state index contributed by atoms with van der Waals surface area (Å²) in [6.07, 6.45) is 1.52.